The van der Waals surface area contributed by atoms with Crippen LogP contribution in [0.3, 0.4) is 0 Å². The number of allylic oxidation sites excluding steroid dienone is 4. The van der Waals surface area contributed by atoms with Crippen molar-refractivity contribution < 1.29 is 33.7 Å². The number of esters is 1. The third kappa shape index (κ3) is 3.37. The van der Waals surface area contributed by atoms with Gasteiger partial charge in [-0.15, -0.1) is 0 Å². The summed E-state index contributed by atoms with van der Waals surface area (Å²) >= 11 is 0. The van der Waals surface area contributed by atoms with E-state index >= 15 is 4.39 Å². The number of aliphatic hydroxyl groups is 2. The number of ether oxygens (including phenoxy) is 1. The number of carbonyl (C=O) groups excluding carboxylic acids is 3. The lowest BCUT2D eigenvalue weighted by Gasteiger charge is -2.60. The molecular formula is C27H37FO6. The molecule has 0 saturated heterocycles. The summed E-state index contributed by atoms with van der Waals surface area (Å²) in [4.78, 5) is 38.1. The molecule has 0 bridgehead atoms. The van der Waals surface area contributed by atoms with Gasteiger partial charge in [0.1, 0.15) is 12.8 Å². The molecule has 4 aliphatic rings. The van der Waals surface area contributed by atoms with E-state index in [0.717, 1.165) is 6.42 Å². The fourth-order valence-electron chi connectivity index (χ4n) is 8.19. The highest BCUT2D eigenvalue weighted by Crippen LogP contribution is 2.69. The number of hydrogen-bond acceptors (Lipinski definition) is 6. The Balaban J connectivity index is 1.78. The summed E-state index contributed by atoms with van der Waals surface area (Å²) in [5, 5.41) is 21.5. The maximum absolute atomic E-state index is 15.6. The maximum Gasteiger partial charge on any atom is 0.306 e. The van der Waals surface area contributed by atoms with Gasteiger partial charge in [0, 0.05) is 29.1 Å². The molecule has 9 atom stereocenters. The highest BCUT2D eigenvalue weighted by Gasteiger charge is 2.73. The molecule has 0 spiro atoms. The van der Waals surface area contributed by atoms with Crippen LogP contribution >= 0.6 is 0 Å². The molecule has 0 aromatic heterocycles. The number of aliphatic hydroxyl groups excluding tert-OH is 2. The summed E-state index contributed by atoms with van der Waals surface area (Å²) in [5.41, 5.74) is -2.90. The van der Waals surface area contributed by atoms with Gasteiger partial charge in [0.2, 0.25) is 5.78 Å². The number of fused-ring (bicyclic) bond motifs is 5. The lowest BCUT2D eigenvalue weighted by Crippen LogP contribution is -2.64. The summed E-state index contributed by atoms with van der Waals surface area (Å²) < 4.78 is 21.6. The number of halogens is 1. The van der Waals surface area contributed by atoms with Gasteiger partial charge in [0.25, 0.3) is 0 Å². The molecule has 4 rings (SSSR count). The molecule has 34 heavy (non-hydrogen) atoms. The van der Waals surface area contributed by atoms with Crippen molar-refractivity contribution in [3.05, 3.63) is 23.8 Å². The minimum absolute atomic E-state index is 0.143. The fourth-order valence-corrected chi connectivity index (χ4v) is 8.19. The number of unbranched alkanes of at least 4 members (excludes halogenated alkanes) is 1. The van der Waals surface area contributed by atoms with Crippen molar-refractivity contribution in [2.24, 2.45) is 34.5 Å². The summed E-state index contributed by atoms with van der Waals surface area (Å²) in [6.07, 6.45) is 4.80. The standard InChI is InChI=1S/C27H37FO6/c1-5-6-7-23(33)34-27(22(32)14-29)15(2)10-18-17-12-20(28)19-11-16(30)8-9-25(19,3)24(17)21(31)13-26(18,27)4/h8-9,11,15,17-18,20-21,24,29,31H,5-7,10,12-14H2,1-4H3/t15-,17-,18-,20-,21?,24+,25-,26-,27-/m0/s1. The van der Waals surface area contributed by atoms with Crippen molar-refractivity contribution in [2.75, 3.05) is 6.61 Å². The molecule has 0 aliphatic heterocycles. The van der Waals surface area contributed by atoms with Crippen LogP contribution in [0.2, 0.25) is 0 Å². The highest BCUT2D eigenvalue weighted by atomic mass is 19.1. The third-order valence-corrected chi connectivity index (χ3v) is 9.58. The molecule has 0 radical (unpaired) electrons. The number of alkyl halides is 1. The van der Waals surface area contributed by atoms with Gasteiger partial charge in [-0.3, -0.25) is 14.4 Å². The lowest BCUT2D eigenvalue weighted by atomic mass is 9.46. The molecule has 6 nitrogen and oxygen atoms in total. The first kappa shape index (κ1) is 25.2. The molecule has 7 heteroatoms. The zero-order valence-electron chi connectivity index (χ0n) is 20.6. The van der Waals surface area contributed by atoms with Gasteiger partial charge < -0.3 is 14.9 Å². The van der Waals surface area contributed by atoms with E-state index in [4.69, 9.17) is 4.74 Å². The van der Waals surface area contributed by atoms with Crippen molar-refractivity contribution >= 4 is 17.5 Å². The zero-order valence-corrected chi connectivity index (χ0v) is 20.6. The predicted octanol–water partition coefficient (Wildman–Crippen LogP) is 3.49. The second-order valence-corrected chi connectivity index (χ2v) is 11.3. The van der Waals surface area contributed by atoms with Crippen molar-refractivity contribution in [1.82, 2.24) is 0 Å². The molecule has 4 aliphatic carbocycles. The van der Waals surface area contributed by atoms with E-state index < -0.39 is 47.1 Å². The Morgan fingerprint density at radius 2 is 1.97 bits per heavy atom. The molecule has 1 unspecified atom stereocenters. The molecule has 3 saturated carbocycles. The number of ketones is 2. The Kier molecular flexibility index (Phi) is 6.43. The average molecular weight is 477 g/mol. The minimum atomic E-state index is -1.57. The van der Waals surface area contributed by atoms with Crippen LogP contribution < -0.4 is 0 Å². The van der Waals surface area contributed by atoms with Gasteiger partial charge in [-0.05, 0) is 55.2 Å². The van der Waals surface area contributed by atoms with Crippen molar-refractivity contribution in [3.8, 4) is 0 Å². The summed E-state index contributed by atoms with van der Waals surface area (Å²) in [7, 11) is 0. The van der Waals surface area contributed by atoms with Crippen LogP contribution in [0.4, 0.5) is 4.39 Å². The minimum Gasteiger partial charge on any atom is -0.450 e. The molecule has 0 amide bonds. The van der Waals surface area contributed by atoms with Gasteiger partial charge in [-0.2, -0.15) is 0 Å². The number of hydrogen-bond donors (Lipinski definition) is 2. The monoisotopic (exact) mass is 476 g/mol. The zero-order chi connectivity index (χ0) is 25.1. The molecule has 0 heterocycles. The first-order valence-electron chi connectivity index (χ1n) is 12.6. The third-order valence-electron chi connectivity index (χ3n) is 9.58. The smallest absolute Gasteiger partial charge is 0.306 e. The van der Waals surface area contributed by atoms with E-state index in [1.165, 1.54) is 12.2 Å². The summed E-state index contributed by atoms with van der Waals surface area (Å²) in [6.45, 7) is 6.80. The molecule has 0 aromatic rings. The Labute approximate surface area is 200 Å². The van der Waals surface area contributed by atoms with Crippen molar-refractivity contribution in [2.45, 2.75) is 84.1 Å². The van der Waals surface area contributed by atoms with E-state index in [1.807, 2.05) is 27.7 Å². The second kappa shape index (κ2) is 8.66. The first-order chi connectivity index (χ1) is 16.0. The molecule has 3 fully saturated rings. The Morgan fingerprint density at radius 3 is 2.62 bits per heavy atom. The van der Waals surface area contributed by atoms with Crippen LogP contribution in [-0.2, 0) is 19.1 Å². The average Bonchev–Trinajstić information content (AvgIpc) is 3.00. The number of Topliss-reactive ketones (excluding diaryl/α,β-unsaturated/α-hetero) is 1. The van der Waals surface area contributed by atoms with Crippen molar-refractivity contribution in [3.63, 3.8) is 0 Å². The molecule has 0 aromatic carbocycles. The number of rotatable bonds is 6. The van der Waals surface area contributed by atoms with Crippen LogP contribution in [0.5, 0.6) is 0 Å². The topological polar surface area (TPSA) is 101 Å². The predicted molar refractivity (Wildman–Crippen MR) is 123 cm³/mol. The Hall–Kier alpha value is -1.86. The molecule has 188 valence electrons. The fraction of sp³-hybridized carbons (Fsp3) is 0.741. The van der Waals surface area contributed by atoms with Gasteiger partial charge in [-0.1, -0.05) is 40.2 Å². The normalized spacial score (nSPS) is 45.1. The SMILES string of the molecule is CCCCC(=O)O[C@]1(C(=O)CO)[C@@H](C)C[C@H]2[C@@H]3C[C@H](F)C4=CC(=O)C=C[C@]4(C)[C@H]3C(O)C[C@@]21C. The van der Waals surface area contributed by atoms with E-state index in [2.05, 4.69) is 0 Å². The maximum atomic E-state index is 15.6. The van der Waals surface area contributed by atoms with E-state index in [0.29, 0.717) is 18.4 Å². The summed E-state index contributed by atoms with van der Waals surface area (Å²) in [5.74, 6) is -2.44. The largest absolute Gasteiger partial charge is 0.450 e. The number of carbonyl (C=O) groups is 3. The van der Waals surface area contributed by atoms with Crippen LogP contribution in [0.15, 0.2) is 23.8 Å². The quantitative estimate of drug-likeness (QED) is 0.569. The molecular weight excluding hydrogens is 439 g/mol. The van der Waals surface area contributed by atoms with Crippen LogP contribution in [-0.4, -0.2) is 52.2 Å². The van der Waals surface area contributed by atoms with Gasteiger partial charge in [0.05, 0.1) is 6.10 Å². The van der Waals surface area contributed by atoms with Crippen LogP contribution in [0.1, 0.15) is 66.2 Å². The van der Waals surface area contributed by atoms with E-state index in [1.54, 1.807) is 6.08 Å². The lowest BCUT2D eigenvalue weighted by molar-refractivity contribution is -0.206. The van der Waals surface area contributed by atoms with E-state index in [9.17, 15) is 24.6 Å². The van der Waals surface area contributed by atoms with Gasteiger partial charge >= 0.3 is 5.97 Å². The Bertz CT molecular complexity index is 941. The van der Waals surface area contributed by atoms with Crippen LogP contribution in [0, 0.1) is 34.5 Å². The first-order valence-corrected chi connectivity index (χ1v) is 12.6. The highest BCUT2D eigenvalue weighted by molar-refractivity contribution is 6.01. The Morgan fingerprint density at radius 1 is 1.26 bits per heavy atom. The van der Waals surface area contributed by atoms with E-state index in [-0.39, 0.29) is 48.7 Å². The molecule has 2 N–H and O–H groups in total. The van der Waals surface area contributed by atoms with Crippen molar-refractivity contribution in [1.29, 1.82) is 0 Å². The van der Waals surface area contributed by atoms with Gasteiger partial charge in [0.15, 0.2) is 11.4 Å². The summed E-state index contributed by atoms with van der Waals surface area (Å²) in [6, 6.07) is 0. The van der Waals surface area contributed by atoms with Gasteiger partial charge in [-0.25, -0.2) is 4.39 Å². The second-order valence-electron chi connectivity index (χ2n) is 11.3. The van der Waals surface area contributed by atoms with Crippen LogP contribution in [0.25, 0.3) is 0 Å².